The number of hydrogen-bond donors (Lipinski definition) is 1. The monoisotopic (exact) mass is 398 g/mol. The van der Waals surface area contributed by atoms with Gasteiger partial charge in [0.15, 0.2) is 0 Å². The Balaban J connectivity index is 1.72. The third-order valence-electron chi connectivity index (χ3n) is 4.16. The van der Waals surface area contributed by atoms with Crippen LogP contribution in [-0.4, -0.2) is 31.2 Å². The van der Waals surface area contributed by atoms with Crippen LogP contribution in [0.15, 0.2) is 46.0 Å². The van der Waals surface area contributed by atoms with E-state index in [1.807, 2.05) is 0 Å². The van der Waals surface area contributed by atoms with E-state index in [1.165, 1.54) is 15.6 Å². The van der Waals surface area contributed by atoms with Crippen LogP contribution < -0.4 is 5.32 Å². The largest absolute Gasteiger partial charge is 0.326 e. The van der Waals surface area contributed by atoms with Crippen molar-refractivity contribution in [1.82, 2.24) is 4.31 Å². The van der Waals surface area contributed by atoms with Crippen LogP contribution in [-0.2, 0) is 14.8 Å². The Labute approximate surface area is 156 Å². The summed E-state index contributed by atoms with van der Waals surface area (Å²) in [7, 11) is -3.54. The minimum atomic E-state index is -3.54. The fraction of sp³-hybridized carbons (Fsp3) is 0.353. The van der Waals surface area contributed by atoms with E-state index >= 15 is 0 Å². The average Bonchev–Trinajstić information content (AvgIpc) is 3.10. The molecule has 1 N–H and O–H groups in total. The normalized spacial score (nSPS) is 18.8. The molecule has 0 saturated carbocycles. The van der Waals surface area contributed by atoms with E-state index in [1.54, 1.807) is 41.8 Å². The SMILES string of the molecule is O=C(CC1CCCCN1S(=O)(=O)c1cccs1)Nc1cccc(Cl)c1. The van der Waals surface area contributed by atoms with Crippen molar-refractivity contribution in [3.63, 3.8) is 0 Å². The van der Waals surface area contributed by atoms with Crippen molar-refractivity contribution in [1.29, 1.82) is 0 Å². The number of amides is 1. The summed E-state index contributed by atoms with van der Waals surface area (Å²) in [6.45, 7) is 0.454. The van der Waals surface area contributed by atoms with Crippen molar-refractivity contribution in [3.8, 4) is 0 Å². The van der Waals surface area contributed by atoms with Crippen LogP contribution in [0.3, 0.4) is 0 Å². The van der Waals surface area contributed by atoms with Crippen LogP contribution in [0.5, 0.6) is 0 Å². The van der Waals surface area contributed by atoms with Gasteiger partial charge in [0.1, 0.15) is 4.21 Å². The van der Waals surface area contributed by atoms with Gasteiger partial charge in [-0.05, 0) is 42.5 Å². The lowest BCUT2D eigenvalue weighted by Gasteiger charge is -2.34. The summed E-state index contributed by atoms with van der Waals surface area (Å²) >= 11 is 7.13. The summed E-state index contributed by atoms with van der Waals surface area (Å²) < 4.78 is 27.5. The molecule has 1 amide bonds. The third kappa shape index (κ3) is 4.41. The molecule has 2 aromatic rings. The highest BCUT2D eigenvalue weighted by molar-refractivity contribution is 7.91. The quantitative estimate of drug-likeness (QED) is 0.828. The molecular formula is C17H19ClN2O3S2. The number of hydrogen-bond acceptors (Lipinski definition) is 4. The molecular weight excluding hydrogens is 380 g/mol. The summed E-state index contributed by atoms with van der Waals surface area (Å²) in [5, 5.41) is 5.08. The Kier molecular flexibility index (Phi) is 5.78. The highest BCUT2D eigenvalue weighted by Gasteiger charge is 2.35. The molecule has 0 aliphatic carbocycles. The first-order valence-corrected chi connectivity index (χ1v) is 10.8. The minimum Gasteiger partial charge on any atom is -0.326 e. The van der Waals surface area contributed by atoms with E-state index in [-0.39, 0.29) is 18.4 Å². The molecule has 134 valence electrons. The number of nitrogens with one attached hydrogen (secondary N) is 1. The molecule has 0 spiro atoms. The van der Waals surface area contributed by atoms with Crippen molar-refractivity contribution >= 4 is 44.6 Å². The molecule has 1 atom stereocenters. The van der Waals surface area contributed by atoms with Crippen molar-refractivity contribution in [2.75, 3.05) is 11.9 Å². The summed E-state index contributed by atoms with van der Waals surface area (Å²) in [6, 6.07) is 9.92. The number of rotatable bonds is 5. The number of sulfonamides is 1. The van der Waals surface area contributed by atoms with Gasteiger partial charge in [-0.1, -0.05) is 30.2 Å². The predicted octanol–water partition coefficient (Wildman–Crippen LogP) is 3.97. The first kappa shape index (κ1) is 18.4. The second kappa shape index (κ2) is 7.86. The van der Waals surface area contributed by atoms with Gasteiger partial charge < -0.3 is 5.32 Å². The van der Waals surface area contributed by atoms with Gasteiger partial charge in [-0.3, -0.25) is 4.79 Å². The predicted molar refractivity (Wildman–Crippen MR) is 101 cm³/mol. The second-order valence-electron chi connectivity index (χ2n) is 5.96. The zero-order chi connectivity index (χ0) is 17.9. The third-order valence-corrected chi connectivity index (χ3v) is 7.72. The first-order valence-electron chi connectivity index (χ1n) is 8.07. The lowest BCUT2D eigenvalue weighted by Crippen LogP contribution is -2.45. The van der Waals surface area contributed by atoms with E-state index in [0.29, 0.717) is 27.9 Å². The van der Waals surface area contributed by atoms with E-state index in [2.05, 4.69) is 5.32 Å². The Morgan fingerprint density at radius 2 is 2.12 bits per heavy atom. The molecule has 1 aliphatic heterocycles. The number of nitrogens with zero attached hydrogens (tertiary/aromatic N) is 1. The van der Waals surface area contributed by atoms with E-state index in [0.717, 1.165) is 12.8 Å². The fourth-order valence-electron chi connectivity index (χ4n) is 3.01. The van der Waals surface area contributed by atoms with Gasteiger partial charge in [0, 0.05) is 29.7 Å². The Hall–Kier alpha value is -1.41. The molecule has 2 heterocycles. The molecule has 1 aromatic carbocycles. The van der Waals surface area contributed by atoms with Gasteiger partial charge in [0.25, 0.3) is 10.0 Å². The van der Waals surface area contributed by atoms with Crippen molar-refractivity contribution in [2.24, 2.45) is 0 Å². The molecule has 5 nitrogen and oxygen atoms in total. The van der Waals surface area contributed by atoms with Crippen LogP contribution in [0, 0.1) is 0 Å². The van der Waals surface area contributed by atoms with Gasteiger partial charge in [-0.25, -0.2) is 8.42 Å². The molecule has 1 unspecified atom stereocenters. The maximum Gasteiger partial charge on any atom is 0.252 e. The van der Waals surface area contributed by atoms with Crippen LogP contribution in [0.1, 0.15) is 25.7 Å². The van der Waals surface area contributed by atoms with Crippen molar-refractivity contribution in [2.45, 2.75) is 35.9 Å². The number of halogens is 1. The van der Waals surface area contributed by atoms with Crippen LogP contribution >= 0.6 is 22.9 Å². The maximum atomic E-state index is 12.8. The molecule has 1 aliphatic rings. The Morgan fingerprint density at radius 3 is 2.84 bits per heavy atom. The summed E-state index contributed by atoms with van der Waals surface area (Å²) in [4.78, 5) is 12.4. The number of benzene rings is 1. The van der Waals surface area contributed by atoms with E-state index < -0.39 is 10.0 Å². The van der Waals surface area contributed by atoms with E-state index in [9.17, 15) is 13.2 Å². The van der Waals surface area contributed by atoms with Gasteiger partial charge in [0.05, 0.1) is 0 Å². The number of anilines is 1. The zero-order valence-corrected chi connectivity index (χ0v) is 15.9. The molecule has 1 saturated heterocycles. The fourth-order valence-corrected chi connectivity index (χ4v) is 6.02. The van der Waals surface area contributed by atoms with E-state index in [4.69, 9.17) is 11.6 Å². The zero-order valence-electron chi connectivity index (χ0n) is 13.5. The molecule has 8 heteroatoms. The lowest BCUT2D eigenvalue weighted by molar-refractivity contribution is -0.117. The molecule has 1 fully saturated rings. The molecule has 1 aromatic heterocycles. The number of carbonyl (C=O) groups excluding carboxylic acids is 1. The minimum absolute atomic E-state index is 0.136. The number of piperidine rings is 1. The Morgan fingerprint density at radius 1 is 1.28 bits per heavy atom. The van der Waals surface area contributed by atoms with Crippen molar-refractivity contribution < 1.29 is 13.2 Å². The van der Waals surface area contributed by atoms with Crippen LogP contribution in [0.2, 0.25) is 5.02 Å². The molecule has 25 heavy (non-hydrogen) atoms. The Bertz CT molecular complexity index is 837. The van der Waals surface area contributed by atoms with Crippen LogP contribution in [0.25, 0.3) is 0 Å². The smallest absolute Gasteiger partial charge is 0.252 e. The molecule has 0 radical (unpaired) electrons. The highest BCUT2D eigenvalue weighted by atomic mass is 35.5. The summed E-state index contributed by atoms with van der Waals surface area (Å²) in [6.07, 6.45) is 2.56. The topological polar surface area (TPSA) is 66.5 Å². The molecule has 0 bridgehead atoms. The standard InChI is InChI=1S/C17H19ClN2O3S2/c18-13-5-3-6-14(11-13)19-16(21)12-15-7-1-2-9-20(15)25(22,23)17-8-4-10-24-17/h3-6,8,10-11,15H,1-2,7,9,12H2,(H,19,21). The highest BCUT2D eigenvalue weighted by Crippen LogP contribution is 2.29. The molecule has 3 rings (SSSR count). The van der Waals surface area contributed by atoms with Crippen molar-refractivity contribution in [3.05, 3.63) is 46.8 Å². The lowest BCUT2D eigenvalue weighted by atomic mass is 10.0. The van der Waals surface area contributed by atoms with Gasteiger partial charge in [-0.2, -0.15) is 4.31 Å². The summed E-state index contributed by atoms with van der Waals surface area (Å²) in [5.74, 6) is -0.208. The number of thiophene rings is 1. The second-order valence-corrected chi connectivity index (χ2v) is 9.46. The van der Waals surface area contributed by atoms with Gasteiger partial charge in [-0.15, -0.1) is 11.3 Å². The number of carbonyl (C=O) groups is 1. The van der Waals surface area contributed by atoms with Crippen LogP contribution in [0.4, 0.5) is 5.69 Å². The first-order chi connectivity index (χ1) is 12.0. The van der Waals surface area contributed by atoms with Gasteiger partial charge >= 0.3 is 0 Å². The summed E-state index contributed by atoms with van der Waals surface area (Å²) in [5.41, 5.74) is 0.612. The maximum absolute atomic E-state index is 12.8. The van der Waals surface area contributed by atoms with Gasteiger partial charge in [0.2, 0.25) is 5.91 Å². The average molecular weight is 399 g/mol.